The molecule has 2 saturated carbocycles. The first kappa shape index (κ1) is 9.64. The predicted octanol–water partition coefficient (Wildman–Crippen LogP) is 2.93. The minimum Gasteiger partial charge on any atom is -0.196 e. The maximum atomic E-state index is 8.81. The van der Waals surface area contributed by atoms with E-state index in [4.69, 9.17) is 5.26 Å². The maximum absolute atomic E-state index is 8.81. The number of nitriles is 1. The quantitative estimate of drug-likeness (QED) is 0.630. The normalized spacial score (nSPS) is 23.0. The number of nitrogens with zero attached hydrogens (tertiary/aromatic N) is 3. The summed E-state index contributed by atoms with van der Waals surface area (Å²) in [6.07, 6.45) is 5.25. The van der Waals surface area contributed by atoms with Crippen LogP contribution in [-0.2, 0) is 0 Å². The Balaban J connectivity index is 1.96. The van der Waals surface area contributed by atoms with Crippen LogP contribution >= 0.6 is 0 Å². The molecule has 0 aromatic heterocycles. The molecule has 0 aliphatic heterocycles. The molecule has 76 valence electrons. The van der Waals surface area contributed by atoms with Crippen LogP contribution in [0.4, 0.5) is 0 Å². The SMILES string of the molecule is CC(C)(C#N)N=NC(C1CC1)C1CC1. The van der Waals surface area contributed by atoms with Crippen LogP contribution in [0.15, 0.2) is 10.2 Å². The summed E-state index contributed by atoms with van der Waals surface area (Å²) in [7, 11) is 0. The van der Waals surface area contributed by atoms with E-state index < -0.39 is 5.54 Å². The summed E-state index contributed by atoms with van der Waals surface area (Å²) in [6.45, 7) is 3.63. The van der Waals surface area contributed by atoms with Crippen molar-refractivity contribution in [3.05, 3.63) is 0 Å². The lowest BCUT2D eigenvalue weighted by atomic mass is 10.1. The van der Waals surface area contributed by atoms with Crippen molar-refractivity contribution in [2.75, 3.05) is 0 Å². The minimum absolute atomic E-state index is 0.433. The molecule has 2 aliphatic rings. The Morgan fingerprint density at radius 1 is 1.21 bits per heavy atom. The van der Waals surface area contributed by atoms with Gasteiger partial charge in [-0.15, -0.1) is 0 Å². The van der Waals surface area contributed by atoms with Crippen molar-refractivity contribution in [1.29, 1.82) is 5.26 Å². The van der Waals surface area contributed by atoms with Crippen LogP contribution in [0, 0.1) is 23.2 Å². The van der Waals surface area contributed by atoms with Gasteiger partial charge < -0.3 is 0 Å². The molecule has 0 radical (unpaired) electrons. The van der Waals surface area contributed by atoms with Gasteiger partial charge in [-0.25, -0.2) is 0 Å². The van der Waals surface area contributed by atoms with Gasteiger partial charge in [0, 0.05) is 0 Å². The van der Waals surface area contributed by atoms with Crippen molar-refractivity contribution in [1.82, 2.24) is 0 Å². The Morgan fingerprint density at radius 3 is 2.07 bits per heavy atom. The molecule has 2 aliphatic carbocycles. The van der Waals surface area contributed by atoms with E-state index in [2.05, 4.69) is 16.3 Å². The van der Waals surface area contributed by atoms with Crippen molar-refractivity contribution in [2.45, 2.75) is 51.1 Å². The molecule has 2 rings (SSSR count). The maximum Gasteiger partial charge on any atom is 0.161 e. The summed E-state index contributed by atoms with van der Waals surface area (Å²) < 4.78 is 0. The molecule has 0 aromatic carbocycles. The lowest BCUT2D eigenvalue weighted by Gasteiger charge is -2.11. The van der Waals surface area contributed by atoms with Crippen LogP contribution in [0.3, 0.4) is 0 Å². The molecule has 3 heteroatoms. The summed E-state index contributed by atoms with van der Waals surface area (Å²) in [5, 5.41) is 17.4. The second-order valence-corrected chi connectivity index (χ2v) is 5.05. The van der Waals surface area contributed by atoms with Crippen LogP contribution in [0.2, 0.25) is 0 Å². The van der Waals surface area contributed by atoms with E-state index in [1.807, 2.05) is 13.8 Å². The number of azo groups is 1. The molecule has 0 amide bonds. The molecule has 0 saturated heterocycles. The highest BCUT2D eigenvalue weighted by atomic mass is 15.2. The van der Waals surface area contributed by atoms with Crippen LogP contribution < -0.4 is 0 Å². The lowest BCUT2D eigenvalue weighted by Crippen LogP contribution is -2.15. The third-order valence-corrected chi connectivity index (χ3v) is 2.92. The van der Waals surface area contributed by atoms with Gasteiger partial charge in [0.25, 0.3) is 0 Å². The van der Waals surface area contributed by atoms with Crippen LogP contribution in [0.5, 0.6) is 0 Å². The van der Waals surface area contributed by atoms with Crippen LogP contribution in [-0.4, -0.2) is 11.6 Å². The van der Waals surface area contributed by atoms with Crippen molar-refractivity contribution in [2.24, 2.45) is 22.1 Å². The fourth-order valence-electron chi connectivity index (χ4n) is 1.68. The minimum atomic E-state index is -0.637. The highest BCUT2D eigenvalue weighted by molar-refractivity contribution is 5.01. The Labute approximate surface area is 85.2 Å². The zero-order valence-corrected chi connectivity index (χ0v) is 8.90. The van der Waals surface area contributed by atoms with E-state index in [1.54, 1.807) is 0 Å². The van der Waals surface area contributed by atoms with Gasteiger partial charge in [-0.3, -0.25) is 0 Å². The smallest absolute Gasteiger partial charge is 0.161 e. The van der Waals surface area contributed by atoms with Crippen LogP contribution in [0.1, 0.15) is 39.5 Å². The molecule has 0 unspecified atom stereocenters. The van der Waals surface area contributed by atoms with E-state index in [0.717, 1.165) is 11.8 Å². The average Bonchev–Trinajstić information content (AvgIpc) is 2.99. The molecule has 0 heterocycles. The van der Waals surface area contributed by atoms with E-state index in [0.29, 0.717) is 6.04 Å². The van der Waals surface area contributed by atoms with Gasteiger partial charge in [0.05, 0.1) is 12.1 Å². The summed E-state index contributed by atoms with van der Waals surface area (Å²) >= 11 is 0. The molecular formula is C11H17N3. The van der Waals surface area contributed by atoms with Crippen molar-refractivity contribution >= 4 is 0 Å². The second-order valence-electron chi connectivity index (χ2n) is 5.05. The average molecular weight is 191 g/mol. The largest absolute Gasteiger partial charge is 0.196 e. The van der Waals surface area contributed by atoms with Crippen molar-refractivity contribution < 1.29 is 0 Å². The standard InChI is InChI=1S/C11H17N3/c1-11(2,7-12)14-13-10(8-3-4-8)9-5-6-9/h8-10H,3-6H2,1-2H3. The van der Waals surface area contributed by atoms with Gasteiger partial charge in [0.15, 0.2) is 5.54 Å². The van der Waals surface area contributed by atoms with E-state index in [1.165, 1.54) is 25.7 Å². The molecule has 14 heavy (non-hydrogen) atoms. The molecule has 3 nitrogen and oxygen atoms in total. The number of rotatable bonds is 4. The lowest BCUT2D eigenvalue weighted by molar-refractivity contribution is 0.476. The summed E-state index contributed by atoms with van der Waals surface area (Å²) in [4.78, 5) is 0. The fourth-order valence-corrected chi connectivity index (χ4v) is 1.68. The molecule has 0 N–H and O–H groups in total. The zero-order chi connectivity index (χ0) is 10.2. The molecule has 2 fully saturated rings. The van der Waals surface area contributed by atoms with E-state index >= 15 is 0 Å². The fraction of sp³-hybridized carbons (Fsp3) is 0.909. The van der Waals surface area contributed by atoms with Gasteiger partial charge in [-0.2, -0.15) is 15.5 Å². The molecule has 0 bridgehead atoms. The zero-order valence-electron chi connectivity index (χ0n) is 8.90. The summed E-state index contributed by atoms with van der Waals surface area (Å²) in [5.41, 5.74) is -0.637. The van der Waals surface area contributed by atoms with Crippen molar-refractivity contribution in [3.63, 3.8) is 0 Å². The van der Waals surface area contributed by atoms with Gasteiger partial charge in [-0.05, 0) is 51.4 Å². The number of hydrogen-bond acceptors (Lipinski definition) is 3. The first-order valence-corrected chi connectivity index (χ1v) is 5.46. The Hall–Kier alpha value is -0.910. The highest BCUT2D eigenvalue weighted by Gasteiger charge is 2.42. The first-order chi connectivity index (χ1) is 6.62. The summed E-state index contributed by atoms with van der Waals surface area (Å²) in [6, 6.07) is 2.59. The third kappa shape index (κ3) is 2.31. The third-order valence-electron chi connectivity index (χ3n) is 2.92. The summed E-state index contributed by atoms with van der Waals surface area (Å²) in [5.74, 6) is 1.56. The van der Waals surface area contributed by atoms with Crippen molar-refractivity contribution in [3.8, 4) is 6.07 Å². The molecule has 0 spiro atoms. The van der Waals surface area contributed by atoms with Gasteiger partial charge in [0.1, 0.15) is 0 Å². The van der Waals surface area contributed by atoms with Crippen LogP contribution in [0.25, 0.3) is 0 Å². The second kappa shape index (κ2) is 3.34. The first-order valence-electron chi connectivity index (χ1n) is 5.46. The van der Waals surface area contributed by atoms with Gasteiger partial charge in [0.2, 0.25) is 0 Å². The van der Waals surface area contributed by atoms with Gasteiger partial charge >= 0.3 is 0 Å². The highest BCUT2D eigenvalue weighted by Crippen LogP contribution is 2.46. The number of hydrogen-bond donors (Lipinski definition) is 0. The Kier molecular flexibility index (Phi) is 2.30. The topological polar surface area (TPSA) is 48.5 Å². The van der Waals surface area contributed by atoms with E-state index in [9.17, 15) is 0 Å². The Bertz CT molecular complexity index is 267. The monoisotopic (exact) mass is 191 g/mol. The van der Waals surface area contributed by atoms with E-state index in [-0.39, 0.29) is 0 Å². The predicted molar refractivity (Wildman–Crippen MR) is 53.8 cm³/mol. The molecule has 0 aromatic rings. The Morgan fingerprint density at radius 2 is 1.71 bits per heavy atom. The van der Waals surface area contributed by atoms with Gasteiger partial charge in [-0.1, -0.05) is 0 Å². The molecular weight excluding hydrogens is 174 g/mol. The molecule has 0 atom stereocenters.